The van der Waals surface area contributed by atoms with E-state index in [-0.39, 0.29) is 29.3 Å². The Bertz CT molecular complexity index is 680. The SMILES string of the molecule is CCN1CC2(C)CC=CC34C5CC6C(OC)CC(O)(C(CC23)C14)C5C6O. The third-order valence-corrected chi connectivity index (χ3v) is 10.1. The minimum absolute atomic E-state index is 0.000818. The van der Waals surface area contributed by atoms with E-state index in [1.165, 1.54) is 0 Å². The van der Waals surface area contributed by atoms with Crippen molar-refractivity contribution in [2.24, 2.45) is 40.4 Å². The van der Waals surface area contributed by atoms with Crippen LogP contribution < -0.4 is 0 Å². The molecule has 11 unspecified atom stereocenters. The number of allylic oxidation sites excluding steroid dienone is 1. The molecule has 1 heterocycles. The molecule has 144 valence electrons. The van der Waals surface area contributed by atoms with Gasteiger partial charge in [-0.1, -0.05) is 26.0 Å². The van der Waals surface area contributed by atoms with Crippen molar-refractivity contribution in [1.82, 2.24) is 4.90 Å². The summed E-state index contributed by atoms with van der Waals surface area (Å²) < 4.78 is 5.81. The highest BCUT2D eigenvalue weighted by molar-refractivity contribution is 5.36. The van der Waals surface area contributed by atoms with Crippen molar-refractivity contribution in [3.05, 3.63) is 12.2 Å². The highest BCUT2D eigenvalue weighted by atomic mass is 16.5. The molecule has 0 aromatic carbocycles. The molecule has 4 nitrogen and oxygen atoms in total. The monoisotopic (exact) mass is 359 g/mol. The van der Waals surface area contributed by atoms with E-state index in [0.29, 0.717) is 29.7 Å². The molecular weight excluding hydrogens is 326 g/mol. The molecule has 5 fully saturated rings. The molecule has 11 atom stereocenters. The van der Waals surface area contributed by atoms with Crippen LogP contribution in [0.2, 0.25) is 0 Å². The number of methoxy groups -OCH3 is 1. The summed E-state index contributed by atoms with van der Waals surface area (Å²) in [7, 11) is 1.76. The Morgan fingerprint density at radius 1 is 1.27 bits per heavy atom. The zero-order valence-corrected chi connectivity index (χ0v) is 16.3. The van der Waals surface area contributed by atoms with Gasteiger partial charge in [-0.3, -0.25) is 4.90 Å². The van der Waals surface area contributed by atoms with Crippen LogP contribution in [0.15, 0.2) is 12.2 Å². The van der Waals surface area contributed by atoms with Gasteiger partial charge in [-0.05, 0) is 43.1 Å². The van der Waals surface area contributed by atoms with E-state index in [4.69, 9.17) is 4.74 Å². The summed E-state index contributed by atoms with van der Waals surface area (Å²) in [6.45, 7) is 7.00. The lowest BCUT2D eigenvalue weighted by Crippen LogP contribution is -2.71. The fourth-order valence-electron chi connectivity index (χ4n) is 9.49. The molecular formula is C22H33NO3. The van der Waals surface area contributed by atoms with Gasteiger partial charge in [0, 0.05) is 49.3 Å². The van der Waals surface area contributed by atoms with Gasteiger partial charge in [0.1, 0.15) is 0 Å². The zero-order chi connectivity index (χ0) is 18.1. The normalized spacial score (nSPS) is 64.8. The van der Waals surface area contributed by atoms with E-state index in [0.717, 1.165) is 32.4 Å². The fraction of sp³-hybridized carbons (Fsp3) is 0.909. The number of likely N-dealkylation sites (tertiary alicyclic amines) is 1. The minimum atomic E-state index is -0.766. The standard InChI is InChI=1S/C22H33NO3/c1-4-23-11-20(2)6-5-7-21-13-8-12-15(26-3)10-22(25,17(13)18(12)24)14(19(21)23)9-16(20)21/h5,7,12-19,24-25H,4,6,8-11H2,1-3H3. The van der Waals surface area contributed by atoms with E-state index >= 15 is 0 Å². The molecule has 6 aliphatic rings. The van der Waals surface area contributed by atoms with Crippen LogP contribution in [-0.2, 0) is 4.74 Å². The average molecular weight is 360 g/mol. The third-order valence-electron chi connectivity index (χ3n) is 10.1. The fourth-order valence-corrected chi connectivity index (χ4v) is 9.49. The summed E-state index contributed by atoms with van der Waals surface area (Å²) in [6.07, 6.45) is 8.63. The van der Waals surface area contributed by atoms with E-state index < -0.39 is 11.7 Å². The summed E-state index contributed by atoms with van der Waals surface area (Å²) in [5, 5.41) is 23.3. The van der Waals surface area contributed by atoms with Crippen molar-refractivity contribution in [1.29, 1.82) is 0 Å². The second-order valence-corrected chi connectivity index (χ2v) is 10.7. The molecule has 4 heteroatoms. The summed E-state index contributed by atoms with van der Waals surface area (Å²) in [6, 6.07) is 0.440. The maximum atomic E-state index is 12.1. The number of nitrogens with zero attached hydrogens (tertiary/aromatic N) is 1. The lowest BCUT2D eigenvalue weighted by molar-refractivity contribution is -0.226. The summed E-state index contributed by atoms with van der Waals surface area (Å²) in [5.41, 5.74) is -0.298. The van der Waals surface area contributed by atoms with Crippen molar-refractivity contribution in [3.8, 4) is 0 Å². The van der Waals surface area contributed by atoms with Crippen LogP contribution in [0.1, 0.15) is 39.5 Å². The number of rotatable bonds is 2. The molecule has 1 spiro atoms. The van der Waals surface area contributed by atoms with Crippen LogP contribution >= 0.6 is 0 Å². The van der Waals surface area contributed by atoms with Gasteiger partial charge in [0.2, 0.25) is 0 Å². The zero-order valence-electron chi connectivity index (χ0n) is 16.3. The van der Waals surface area contributed by atoms with Gasteiger partial charge in [-0.15, -0.1) is 0 Å². The first-order valence-corrected chi connectivity index (χ1v) is 10.8. The summed E-state index contributed by atoms with van der Waals surface area (Å²) in [5.74, 6) is 1.55. The summed E-state index contributed by atoms with van der Waals surface area (Å²) in [4.78, 5) is 2.70. The minimum Gasteiger partial charge on any atom is -0.392 e. The first-order valence-electron chi connectivity index (χ1n) is 10.8. The second-order valence-electron chi connectivity index (χ2n) is 10.7. The van der Waals surface area contributed by atoms with Crippen molar-refractivity contribution >= 4 is 0 Å². The van der Waals surface area contributed by atoms with Gasteiger partial charge >= 0.3 is 0 Å². The molecule has 5 aliphatic carbocycles. The topological polar surface area (TPSA) is 52.9 Å². The predicted molar refractivity (Wildman–Crippen MR) is 98.4 cm³/mol. The smallest absolute Gasteiger partial charge is 0.0771 e. The Hall–Kier alpha value is -0.420. The lowest BCUT2D eigenvalue weighted by Gasteiger charge is -2.65. The molecule has 1 saturated heterocycles. The van der Waals surface area contributed by atoms with Gasteiger partial charge in [-0.25, -0.2) is 0 Å². The van der Waals surface area contributed by atoms with Crippen molar-refractivity contribution in [2.45, 2.75) is 63.4 Å². The number of aliphatic hydroxyl groups excluding tert-OH is 1. The number of ether oxygens (including phenoxy) is 1. The maximum Gasteiger partial charge on any atom is 0.0771 e. The Kier molecular flexibility index (Phi) is 3.03. The van der Waals surface area contributed by atoms with Crippen LogP contribution in [0.5, 0.6) is 0 Å². The van der Waals surface area contributed by atoms with Crippen LogP contribution in [0.4, 0.5) is 0 Å². The van der Waals surface area contributed by atoms with Gasteiger partial charge in [0.25, 0.3) is 0 Å². The van der Waals surface area contributed by atoms with Gasteiger partial charge in [0.05, 0.1) is 17.8 Å². The van der Waals surface area contributed by atoms with Crippen LogP contribution in [0.25, 0.3) is 0 Å². The molecule has 6 rings (SSSR count). The Balaban J connectivity index is 1.59. The van der Waals surface area contributed by atoms with Gasteiger partial charge in [-0.2, -0.15) is 0 Å². The molecule has 0 amide bonds. The van der Waals surface area contributed by atoms with E-state index in [9.17, 15) is 10.2 Å². The molecule has 0 aromatic heterocycles. The first-order chi connectivity index (χ1) is 12.4. The molecule has 2 N–H and O–H groups in total. The molecule has 0 radical (unpaired) electrons. The second kappa shape index (κ2) is 4.76. The molecule has 4 saturated carbocycles. The number of aliphatic hydroxyl groups is 2. The van der Waals surface area contributed by atoms with Crippen LogP contribution in [0, 0.1) is 40.4 Å². The lowest BCUT2D eigenvalue weighted by atomic mass is 9.46. The third kappa shape index (κ3) is 1.50. The number of piperidine rings is 1. The van der Waals surface area contributed by atoms with Crippen molar-refractivity contribution in [2.75, 3.05) is 20.2 Å². The van der Waals surface area contributed by atoms with Gasteiger partial charge < -0.3 is 14.9 Å². The predicted octanol–water partition coefficient (Wildman–Crippen LogP) is 2.06. The number of hydrogen-bond acceptors (Lipinski definition) is 4. The number of fused-ring (bicyclic) bond motifs is 2. The van der Waals surface area contributed by atoms with Crippen molar-refractivity contribution < 1.29 is 14.9 Å². The molecule has 1 aliphatic heterocycles. The first kappa shape index (κ1) is 16.5. The van der Waals surface area contributed by atoms with Crippen molar-refractivity contribution in [3.63, 3.8) is 0 Å². The quantitative estimate of drug-likeness (QED) is 0.741. The number of hydrogen-bond donors (Lipinski definition) is 2. The van der Waals surface area contributed by atoms with Gasteiger partial charge in [0.15, 0.2) is 0 Å². The Labute approximate surface area is 156 Å². The highest BCUT2D eigenvalue weighted by Crippen LogP contribution is 2.77. The van der Waals surface area contributed by atoms with Crippen LogP contribution in [-0.4, -0.2) is 59.2 Å². The summed E-state index contributed by atoms with van der Waals surface area (Å²) >= 11 is 0. The van der Waals surface area contributed by atoms with E-state index in [1.54, 1.807) is 7.11 Å². The molecule has 0 aromatic rings. The Morgan fingerprint density at radius 3 is 2.81 bits per heavy atom. The van der Waals surface area contributed by atoms with E-state index in [1.807, 2.05) is 0 Å². The molecule has 26 heavy (non-hydrogen) atoms. The van der Waals surface area contributed by atoms with E-state index in [2.05, 4.69) is 30.9 Å². The average Bonchev–Trinajstić information content (AvgIpc) is 3.03. The highest BCUT2D eigenvalue weighted by Gasteiger charge is 2.80. The maximum absolute atomic E-state index is 12.1. The largest absolute Gasteiger partial charge is 0.392 e. The Morgan fingerprint density at radius 2 is 2.08 bits per heavy atom. The van der Waals surface area contributed by atoms with Crippen LogP contribution in [0.3, 0.4) is 0 Å². The molecule has 7 bridgehead atoms.